The number of piperidine rings is 1. The summed E-state index contributed by atoms with van der Waals surface area (Å²) in [5.41, 5.74) is 2.11. The van der Waals surface area contributed by atoms with Crippen LogP contribution in [0.3, 0.4) is 0 Å². The molecule has 2 atom stereocenters. The number of halogens is 2. The molecule has 0 aromatic carbocycles. The summed E-state index contributed by atoms with van der Waals surface area (Å²) in [6.07, 6.45) is 2.93. The van der Waals surface area contributed by atoms with Crippen molar-refractivity contribution < 1.29 is 19.1 Å². The molecular weight excluding hydrogens is 549 g/mol. The topological polar surface area (TPSA) is 104 Å². The van der Waals surface area contributed by atoms with Gasteiger partial charge in [-0.1, -0.05) is 23.2 Å². The maximum Gasteiger partial charge on any atom is 0.328 e. The Bertz CT molecular complexity index is 1120. The fourth-order valence-corrected chi connectivity index (χ4v) is 6.25. The molecule has 0 spiro atoms. The second-order valence-corrected chi connectivity index (χ2v) is 11.3. The minimum atomic E-state index is -0.579. The van der Waals surface area contributed by atoms with Gasteiger partial charge in [0.2, 0.25) is 0 Å². The van der Waals surface area contributed by atoms with Crippen LogP contribution in [0.15, 0.2) is 22.9 Å². The fourth-order valence-electron chi connectivity index (χ4n) is 4.98. The maximum absolute atomic E-state index is 13.2. The minimum absolute atomic E-state index is 0.0676. The average molecular weight is 583 g/mol. The summed E-state index contributed by atoms with van der Waals surface area (Å²) in [6.45, 7) is 6.95. The highest BCUT2D eigenvalue weighted by Gasteiger charge is 2.34. The van der Waals surface area contributed by atoms with Gasteiger partial charge in [-0.05, 0) is 67.1 Å². The fraction of sp³-hybridized carbons (Fsp3) is 0.538. The lowest BCUT2D eigenvalue weighted by Crippen LogP contribution is -2.53. The second kappa shape index (κ2) is 13.1. The minimum Gasteiger partial charge on any atom is -0.464 e. The Hall–Kier alpha value is -2.40. The van der Waals surface area contributed by atoms with Crippen LogP contribution in [0.25, 0.3) is 0 Å². The number of rotatable bonds is 9. The number of amides is 3. The molecule has 206 valence electrons. The third-order valence-electron chi connectivity index (χ3n) is 7.21. The molecule has 4 rings (SSSR count). The van der Waals surface area contributed by atoms with Crippen molar-refractivity contribution >= 4 is 52.4 Å². The van der Waals surface area contributed by atoms with Crippen molar-refractivity contribution in [2.45, 2.75) is 64.2 Å². The molecule has 2 aromatic heterocycles. The normalized spacial score (nSPS) is 19.2. The number of nitrogens with one attached hydrogen (secondary N) is 2. The summed E-state index contributed by atoms with van der Waals surface area (Å²) < 4.78 is 5.01. The van der Waals surface area contributed by atoms with Gasteiger partial charge in [-0.2, -0.15) is 11.3 Å². The van der Waals surface area contributed by atoms with E-state index in [-0.39, 0.29) is 40.3 Å². The molecular formula is C26H33Cl2N5O4S. The van der Waals surface area contributed by atoms with Gasteiger partial charge >= 0.3 is 12.0 Å². The Morgan fingerprint density at radius 3 is 2.68 bits per heavy atom. The number of pyridine rings is 1. The Labute approximate surface area is 236 Å². The SMILES string of the molecule is Cc1cc(Cl)nc(Cl)c1C(=O)NCCC(C)N1CCC(N(Cc2ccsc2)C(=O)NC2CCOC2=O)CC1. The van der Waals surface area contributed by atoms with E-state index in [1.165, 1.54) is 0 Å². The van der Waals surface area contributed by atoms with Crippen molar-refractivity contribution in [2.75, 3.05) is 26.2 Å². The van der Waals surface area contributed by atoms with Gasteiger partial charge in [-0.15, -0.1) is 0 Å². The van der Waals surface area contributed by atoms with E-state index in [1.54, 1.807) is 24.3 Å². The standard InChI is InChI=1S/C26H33Cl2N5O4S/c1-16-13-21(27)31-23(28)22(16)24(34)29-8-3-17(2)32-9-4-19(5-10-32)33(14-18-7-12-38-15-18)26(36)30-20-6-11-37-25(20)35/h7,12-13,15,17,19-20H,3-6,8-11,14H2,1-2H3,(H,29,34)(H,30,36). The van der Waals surface area contributed by atoms with Crippen LogP contribution in [0, 0.1) is 6.92 Å². The van der Waals surface area contributed by atoms with Gasteiger partial charge in [0.05, 0.1) is 12.2 Å². The quantitative estimate of drug-likeness (QED) is 0.339. The number of thiophene rings is 1. The van der Waals surface area contributed by atoms with E-state index in [9.17, 15) is 14.4 Å². The Kier molecular flexibility index (Phi) is 9.86. The van der Waals surface area contributed by atoms with Gasteiger partial charge in [0, 0.05) is 44.7 Å². The molecule has 0 saturated carbocycles. The van der Waals surface area contributed by atoms with E-state index in [2.05, 4.69) is 27.4 Å². The highest BCUT2D eigenvalue weighted by molar-refractivity contribution is 7.07. The lowest BCUT2D eigenvalue weighted by Gasteiger charge is -2.41. The van der Waals surface area contributed by atoms with Gasteiger partial charge in [-0.25, -0.2) is 14.6 Å². The Morgan fingerprint density at radius 2 is 2.05 bits per heavy atom. The number of hydrogen-bond donors (Lipinski definition) is 2. The zero-order chi connectivity index (χ0) is 27.2. The number of likely N-dealkylation sites (tertiary alicyclic amines) is 1. The van der Waals surface area contributed by atoms with Crippen LogP contribution >= 0.6 is 34.5 Å². The number of nitrogens with zero attached hydrogens (tertiary/aromatic N) is 3. The first-order valence-electron chi connectivity index (χ1n) is 12.8. The molecule has 2 aliphatic rings. The van der Waals surface area contributed by atoms with E-state index in [4.69, 9.17) is 27.9 Å². The number of urea groups is 1. The van der Waals surface area contributed by atoms with E-state index in [1.807, 2.05) is 21.7 Å². The van der Waals surface area contributed by atoms with Gasteiger partial charge in [0.1, 0.15) is 16.3 Å². The lowest BCUT2D eigenvalue weighted by atomic mass is 10.0. The van der Waals surface area contributed by atoms with E-state index >= 15 is 0 Å². The first-order valence-corrected chi connectivity index (χ1v) is 14.5. The van der Waals surface area contributed by atoms with Crippen LogP contribution in [0.2, 0.25) is 10.3 Å². The van der Waals surface area contributed by atoms with Gasteiger partial charge in [0.15, 0.2) is 0 Å². The maximum atomic E-state index is 13.2. The van der Waals surface area contributed by atoms with Crippen LogP contribution in [0.1, 0.15) is 54.1 Å². The van der Waals surface area contributed by atoms with Crippen molar-refractivity contribution in [1.82, 2.24) is 25.4 Å². The summed E-state index contributed by atoms with van der Waals surface area (Å²) in [6, 6.07) is 3.16. The van der Waals surface area contributed by atoms with Crippen LogP contribution in [-0.2, 0) is 16.1 Å². The van der Waals surface area contributed by atoms with Crippen LogP contribution in [-0.4, -0.2) is 77.1 Å². The van der Waals surface area contributed by atoms with Crippen LogP contribution in [0.4, 0.5) is 4.79 Å². The number of cyclic esters (lactones) is 1. The highest BCUT2D eigenvalue weighted by Crippen LogP contribution is 2.24. The second-order valence-electron chi connectivity index (χ2n) is 9.81. The smallest absolute Gasteiger partial charge is 0.328 e. The number of carbonyl (C=O) groups excluding carboxylic acids is 3. The summed E-state index contributed by atoms with van der Waals surface area (Å²) >= 11 is 13.6. The van der Waals surface area contributed by atoms with Crippen molar-refractivity contribution in [1.29, 1.82) is 0 Å². The molecule has 2 aliphatic heterocycles. The van der Waals surface area contributed by atoms with E-state index < -0.39 is 6.04 Å². The van der Waals surface area contributed by atoms with Crippen molar-refractivity contribution in [3.63, 3.8) is 0 Å². The number of esters is 1. The monoisotopic (exact) mass is 581 g/mol. The van der Waals surface area contributed by atoms with Crippen LogP contribution in [0.5, 0.6) is 0 Å². The van der Waals surface area contributed by atoms with Crippen molar-refractivity contribution in [2.24, 2.45) is 0 Å². The molecule has 2 saturated heterocycles. The summed E-state index contributed by atoms with van der Waals surface area (Å²) in [4.78, 5) is 46.0. The van der Waals surface area contributed by atoms with E-state index in [0.29, 0.717) is 37.2 Å². The van der Waals surface area contributed by atoms with Gasteiger partial charge in [-0.3, -0.25) is 4.79 Å². The number of ether oxygens (including phenoxy) is 1. The third kappa shape index (κ3) is 7.16. The molecule has 4 heterocycles. The molecule has 2 fully saturated rings. The molecule has 12 heteroatoms. The molecule has 2 unspecified atom stereocenters. The first kappa shape index (κ1) is 28.6. The first-order chi connectivity index (χ1) is 18.2. The largest absolute Gasteiger partial charge is 0.464 e. The predicted octanol–water partition coefficient (Wildman–Crippen LogP) is 4.26. The van der Waals surface area contributed by atoms with Crippen molar-refractivity contribution in [3.8, 4) is 0 Å². The van der Waals surface area contributed by atoms with E-state index in [0.717, 1.165) is 37.9 Å². The lowest BCUT2D eigenvalue weighted by molar-refractivity contribution is -0.139. The summed E-state index contributed by atoms with van der Waals surface area (Å²) in [5.74, 6) is -0.627. The molecule has 0 radical (unpaired) electrons. The molecule has 38 heavy (non-hydrogen) atoms. The molecule has 3 amide bonds. The zero-order valence-corrected chi connectivity index (χ0v) is 23.9. The zero-order valence-electron chi connectivity index (χ0n) is 21.5. The Morgan fingerprint density at radius 1 is 1.29 bits per heavy atom. The highest BCUT2D eigenvalue weighted by atomic mass is 35.5. The number of aryl methyl sites for hydroxylation is 1. The van der Waals surface area contributed by atoms with Crippen LogP contribution < -0.4 is 10.6 Å². The molecule has 2 N–H and O–H groups in total. The number of carbonyl (C=O) groups is 3. The third-order valence-corrected chi connectivity index (χ3v) is 8.41. The number of aromatic nitrogens is 1. The summed E-state index contributed by atoms with van der Waals surface area (Å²) in [7, 11) is 0. The van der Waals surface area contributed by atoms with Crippen molar-refractivity contribution in [3.05, 3.63) is 49.9 Å². The molecule has 0 aliphatic carbocycles. The Balaban J connectivity index is 1.28. The molecule has 2 aromatic rings. The number of hydrogen-bond acceptors (Lipinski definition) is 7. The van der Waals surface area contributed by atoms with Gasteiger partial charge in [0.25, 0.3) is 5.91 Å². The molecule has 0 bridgehead atoms. The average Bonchev–Trinajstić information content (AvgIpc) is 3.53. The van der Waals surface area contributed by atoms with Gasteiger partial charge < -0.3 is 25.2 Å². The predicted molar refractivity (Wildman–Crippen MR) is 148 cm³/mol. The molecule has 9 nitrogen and oxygen atoms in total. The summed E-state index contributed by atoms with van der Waals surface area (Å²) in [5, 5.41) is 10.2.